The van der Waals surface area contributed by atoms with E-state index < -0.39 is 23.2 Å². The van der Waals surface area contributed by atoms with E-state index in [1.54, 1.807) is 34.5 Å². The molecule has 6 rings (SSSR count). The van der Waals surface area contributed by atoms with E-state index in [4.69, 9.17) is 11.6 Å². The Balaban J connectivity index is 1.31. The van der Waals surface area contributed by atoms with Gasteiger partial charge < -0.3 is 29.6 Å². The van der Waals surface area contributed by atoms with E-state index in [2.05, 4.69) is 30.4 Å². The Morgan fingerprint density at radius 1 is 1.11 bits per heavy atom. The van der Waals surface area contributed by atoms with Crippen LogP contribution in [0.3, 0.4) is 0 Å². The van der Waals surface area contributed by atoms with Gasteiger partial charge in [-0.2, -0.15) is 22.7 Å². The first-order valence-corrected chi connectivity index (χ1v) is 14.9. The Morgan fingerprint density at radius 3 is 2.51 bits per heavy atom. The fourth-order valence-electron chi connectivity index (χ4n) is 5.54. The van der Waals surface area contributed by atoms with Crippen molar-refractivity contribution in [2.45, 2.75) is 26.1 Å². The van der Waals surface area contributed by atoms with Crippen LogP contribution in [0, 0.1) is 0 Å². The quantitative estimate of drug-likeness (QED) is 0.266. The van der Waals surface area contributed by atoms with Crippen LogP contribution in [-0.4, -0.2) is 91.1 Å². The molecule has 47 heavy (non-hydrogen) atoms. The number of benzene rings is 1. The van der Waals surface area contributed by atoms with Crippen LogP contribution in [0.25, 0.3) is 16.8 Å². The lowest BCUT2D eigenvalue weighted by Crippen LogP contribution is -2.51. The molecule has 2 amide bonds. The fourth-order valence-corrected chi connectivity index (χ4v) is 5.77. The van der Waals surface area contributed by atoms with Crippen LogP contribution in [-0.2, 0) is 23.9 Å². The average Bonchev–Trinajstić information content (AvgIpc) is 3.71. The van der Waals surface area contributed by atoms with Gasteiger partial charge >= 0.3 is 6.18 Å². The molecule has 0 radical (unpaired) electrons. The van der Waals surface area contributed by atoms with E-state index in [0.29, 0.717) is 41.9 Å². The van der Waals surface area contributed by atoms with Gasteiger partial charge in [-0.1, -0.05) is 18.5 Å². The van der Waals surface area contributed by atoms with Crippen molar-refractivity contribution >= 4 is 57.5 Å². The summed E-state index contributed by atoms with van der Waals surface area (Å²) in [4.78, 5) is 61.8. The largest absolute Gasteiger partial charge is 0.416 e. The average molecular weight is 672 g/mol. The number of piperazine rings is 1. The van der Waals surface area contributed by atoms with Crippen LogP contribution in [0.2, 0.25) is 5.02 Å². The number of imidazole rings is 1. The van der Waals surface area contributed by atoms with Gasteiger partial charge in [-0.05, 0) is 30.7 Å². The van der Waals surface area contributed by atoms with Gasteiger partial charge in [0.2, 0.25) is 17.6 Å². The first-order valence-electron chi connectivity index (χ1n) is 14.6. The minimum atomic E-state index is -4.60. The van der Waals surface area contributed by atoms with Gasteiger partial charge in [0.25, 0.3) is 11.5 Å². The number of aromatic nitrogens is 7. The summed E-state index contributed by atoms with van der Waals surface area (Å²) in [6, 6.07) is 4.38. The normalized spacial score (nSPS) is 13.9. The third-order valence-electron chi connectivity index (χ3n) is 7.85. The third-order valence-corrected chi connectivity index (χ3v) is 8.16. The zero-order valence-corrected chi connectivity index (χ0v) is 26.2. The molecule has 0 saturated carbocycles. The van der Waals surface area contributed by atoms with Gasteiger partial charge in [0.15, 0.2) is 5.69 Å². The molecule has 1 aromatic carbocycles. The van der Waals surface area contributed by atoms with Crippen LogP contribution in [0.1, 0.15) is 28.7 Å². The Hall–Kier alpha value is -5.19. The van der Waals surface area contributed by atoms with E-state index in [0.717, 1.165) is 22.7 Å². The van der Waals surface area contributed by atoms with E-state index >= 15 is 0 Å². The number of rotatable bonds is 7. The molecule has 1 aliphatic heterocycles. The highest BCUT2D eigenvalue weighted by atomic mass is 35.5. The van der Waals surface area contributed by atoms with Crippen molar-refractivity contribution in [3.8, 4) is 0 Å². The molecular weight excluding hydrogens is 643 g/mol. The summed E-state index contributed by atoms with van der Waals surface area (Å²) in [7, 11) is 3.41. The van der Waals surface area contributed by atoms with Gasteiger partial charge in [0, 0.05) is 46.5 Å². The molecule has 2 N–H and O–H groups in total. The predicted molar refractivity (Wildman–Crippen MR) is 168 cm³/mol. The minimum Gasteiger partial charge on any atom is -0.362 e. The number of nitrogens with zero attached hydrogens (tertiary/aromatic N) is 9. The van der Waals surface area contributed by atoms with Gasteiger partial charge in [-0.3, -0.25) is 14.4 Å². The van der Waals surface area contributed by atoms with Gasteiger partial charge in [0.05, 0.1) is 33.8 Å². The van der Waals surface area contributed by atoms with E-state index in [9.17, 15) is 27.6 Å². The van der Waals surface area contributed by atoms with Crippen LogP contribution >= 0.6 is 11.6 Å². The number of amides is 2. The molecule has 0 atom stereocenters. The van der Waals surface area contributed by atoms with E-state index in [-0.39, 0.29) is 53.7 Å². The second-order valence-electron chi connectivity index (χ2n) is 11.0. The highest BCUT2D eigenvalue weighted by Gasteiger charge is 2.32. The van der Waals surface area contributed by atoms with E-state index in [1.165, 1.54) is 12.5 Å². The molecule has 0 unspecified atom stereocenters. The second kappa shape index (κ2) is 12.2. The zero-order valence-electron chi connectivity index (χ0n) is 25.5. The molecule has 4 aromatic heterocycles. The van der Waals surface area contributed by atoms with Crippen molar-refractivity contribution in [3.05, 3.63) is 69.1 Å². The Bertz CT molecular complexity index is 2060. The molecule has 1 aliphatic rings. The lowest BCUT2D eigenvalue weighted by molar-refractivity contribution is -0.137. The van der Waals surface area contributed by atoms with Crippen molar-refractivity contribution in [1.82, 2.24) is 39.0 Å². The molecule has 18 heteroatoms. The third kappa shape index (κ3) is 5.93. The molecule has 1 fully saturated rings. The zero-order chi connectivity index (χ0) is 33.6. The van der Waals surface area contributed by atoms with Crippen molar-refractivity contribution in [2.75, 3.05) is 55.4 Å². The predicted octanol–water partition coefficient (Wildman–Crippen LogP) is 3.06. The summed E-state index contributed by atoms with van der Waals surface area (Å²) in [5.74, 6) is -0.546. The molecule has 246 valence electrons. The molecule has 5 aromatic rings. The number of pyridine rings is 1. The molecular formula is C29H29ClF3N11O3. The van der Waals surface area contributed by atoms with Crippen LogP contribution in [0.15, 0.2) is 41.6 Å². The van der Waals surface area contributed by atoms with Crippen molar-refractivity contribution in [2.24, 2.45) is 0 Å². The lowest BCUT2D eigenvalue weighted by Gasteiger charge is -2.36. The smallest absolute Gasteiger partial charge is 0.362 e. The van der Waals surface area contributed by atoms with Crippen LogP contribution < -0.4 is 20.7 Å². The number of anilines is 3. The number of carbonyl (C=O) groups is 2. The summed E-state index contributed by atoms with van der Waals surface area (Å²) in [6.07, 6.45) is -1.24. The van der Waals surface area contributed by atoms with Crippen LogP contribution in [0.5, 0.6) is 0 Å². The number of H-pyrrole nitrogens is 1. The maximum atomic E-state index is 14.0. The number of nitrogens with one attached hydrogen (secondary N) is 2. The number of hydrogen-bond acceptors (Lipinski definition) is 9. The summed E-state index contributed by atoms with van der Waals surface area (Å²) in [5, 5.41) is 6.66. The summed E-state index contributed by atoms with van der Waals surface area (Å²) in [6.45, 7) is 2.66. The number of hydrogen-bond donors (Lipinski definition) is 2. The summed E-state index contributed by atoms with van der Waals surface area (Å²) >= 11 is 6.08. The lowest BCUT2D eigenvalue weighted by atomic mass is 10.2. The fraction of sp³-hybridized carbons (Fsp3) is 0.345. The molecule has 0 aliphatic carbocycles. The Labute approximate surface area is 269 Å². The van der Waals surface area contributed by atoms with Crippen molar-refractivity contribution < 1.29 is 22.8 Å². The molecule has 1 saturated heterocycles. The minimum absolute atomic E-state index is 0.00346. The molecule has 5 heterocycles. The SMILES string of the molecule is CCc1c(N2CCN(C(=O)c3nccc4[nH]cnc34)CC2)c(=O)n2nc(N(C)C)nc2n1CC(=O)Nc1ccc(C(F)(F)F)cc1Cl. The summed E-state index contributed by atoms with van der Waals surface area (Å²) < 4.78 is 42.1. The standard InChI is InChI=1S/C29H29ClF3N11O3/c1-4-20-24(41-9-11-42(12-10-41)25(46)23-22-19(7-8-34-23)35-15-36-22)26(47)44-28(38-27(39-44)40(2)3)43(20)14-21(45)37-18-6-5-16(13-17(18)30)29(31,32)33/h5-8,13,15H,4,9-12,14H2,1-3H3,(H,35,36)(H,37,45). The molecule has 0 spiro atoms. The monoisotopic (exact) mass is 671 g/mol. The molecule has 14 nitrogen and oxygen atoms in total. The number of carbonyl (C=O) groups excluding carboxylic acids is 2. The number of halogens is 4. The number of alkyl halides is 3. The van der Waals surface area contributed by atoms with Gasteiger partial charge in [-0.25, -0.2) is 9.97 Å². The van der Waals surface area contributed by atoms with Crippen molar-refractivity contribution in [1.29, 1.82) is 0 Å². The molecule has 0 bridgehead atoms. The highest BCUT2D eigenvalue weighted by Crippen LogP contribution is 2.34. The summed E-state index contributed by atoms with van der Waals surface area (Å²) in [5.41, 5.74) is 0.800. The second-order valence-corrected chi connectivity index (χ2v) is 11.4. The van der Waals surface area contributed by atoms with Gasteiger partial charge in [-0.15, -0.1) is 5.10 Å². The maximum absolute atomic E-state index is 14.0. The highest BCUT2D eigenvalue weighted by molar-refractivity contribution is 6.33. The van der Waals surface area contributed by atoms with Crippen molar-refractivity contribution in [3.63, 3.8) is 0 Å². The number of fused-ring (bicyclic) bond motifs is 2. The first kappa shape index (κ1) is 31.8. The van der Waals surface area contributed by atoms with Gasteiger partial charge in [0.1, 0.15) is 17.7 Å². The van der Waals surface area contributed by atoms with E-state index in [1.807, 2.05) is 11.8 Å². The Kier molecular flexibility index (Phi) is 8.25. The number of aromatic amines is 1. The Morgan fingerprint density at radius 2 is 1.85 bits per heavy atom. The topological polar surface area (TPSA) is 150 Å². The van der Waals surface area contributed by atoms with Crippen LogP contribution in [0.4, 0.5) is 30.5 Å². The maximum Gasteiger partial charge on any atom is 0.416 e. The first-order chi connectivity index (χ1) is 22.4.